The van der Waals surface area contributed by atoms with Crippen molar-refractivity contribution in [2.24, 2.45) is 5.92 Å². The molecular formula is C16H19FN2O2. The van der Waals surface area contributed by atoms with Crippen LogP contribution >= 0.6 is 0 Å². The molecule has 2 heterocycles. The van der Waals surface area contributed by atoms with E-state index in [-0.39, 0.29) is 18.2 Å². The molecule has 2 aliphatic heterocycles. The number of carbonyl (C=O) groups excluding carboxylic acids is 2. The van der Waals surface area contributed by atoms with Crippen molar-refractivity contribution in [3.63, 3.8) is 0 Å². The van der Waals surface area contributed by atoms with Gasteiger partial charge in [-0.25, -0.2) is 4.39 Å². The molecule has 3 rings (SSSR count). The molecule has 1 aromatic carbocycles. The molecule has 1 atom stereocenters. The van der Waals surface area contributed by atoms with E-state index in [4.69, 9.17) is 0 Å². The van der Waals surface area contributed by atoms with Crippen LogP contribution in [0.4, 0.5) is 10.1 Å². The number of anilines is 1. The van der Waals surface area contributed by atoms with Crippen molar-refractivity contribution < 1.29 is 14.0 Å². The fraction of sp³-hybridized carbons (Fsp3) is 0.500. The number of carbonyl (C=O) groups is 2. The van der Waals surface area contributed by atoms with Gasteiger partial charge in [-0.05, 0) is 36.5 Å². The van der Waals surface area contributed by atoms with E-state index in [2.05, 4.69) is 12.2 Å². The number of amides is 2. The van der Waals surface area contributed by atoms with E-state index in [9.17, 15) is 14.0 Å². The van der Waals surface area contributed by atoms with Crippen molar-refractivity contribution in [1.29, 1.82) is 0 Å². The minimum atomic E-state index is -0.484. The molecule has 112 valence electrons. The summed E-state index contributed by atoms with van der Waals surface area (Å²) in [5.41, 5.74) is 1.15. The summed E-state index contributed by atoms with van der Waals surface area (Å²) in [6.07, 6.45) is 2.14. The van der Waals surface area contributed by atoms with E-state index in [1.165, 1.54) is 12.1 Å². The van der Waals surface area contributed by atoms with Crippen molar-refractivity contribution in [3.05, 3.63) is 29.6 Å². The minimum Gasteiger partial charge on any atom is -0.342 e. The Morgan fingerprint density at radius 3 is 2.76 bits per heavy atom. The topological polar surface area (TPSA) is 49.4 Å². The van der Waals surface area contributed by atoms with Crippen LogP contribution in [-0.4, -0.2) is 29.8 Å². The van der Waals surface area contributed by atoms with Crippen molar-refractivity contribution in [1.82, 2.24) is 4.90 Å². The first-order valence-electron chi connectivity index (χ1n) is 7.42. The molecule has 0 saturated carbocycles. The normalized spacial score (nSPS) is 22.7. The van der Waals surface area contributed by atoms with Crippen molar-refractivity contribution >= 4 is 17.5 Å². The fourth-order valence-corrected chi connectivity index (χ4v) is 3.11. The molecule has 2 amide bonds. The zero-order chi connectivity index (χ0) is 15.0. The van der Waals surface area contributed by atoms with Crippen molar-refractivity contribution in [2.75, 3.05) is 18.4 Å². The van der Waals surface area contributed by atoms with Gasteiger partial charge in [0.25, 0.3) is 0 Å². The minimum absolute atomic E-state index is 0.00962. The van der Waals surface area contributed by atoms with Gasteiger partial charge in [0.05, 0.1) is 5.92 Å². The number of rotatable bonds is 1. The van der Waals surface area contributed by atoms with Gasteiger partial charge < -0.3 is 10.2 Å². The standard InChI is InChI=1S/C16H19FN2O2/c1-10-4-6-19(7-5-10)16(21)13-9-15(20)18-14-8-11(17)2-3-12(13)14/h2-3,8,10,13H,4-7,9H2,1H3,(H,18,20). The van der Waals surface area contributed by atoms with Crippen LogP contribution in [0.2, 0.25) is 0 Å². The van der Waals surface area contributed by atoms with E-state index >= 15 is 0 Å². The summed E-state index contributed by atoms with van der Waals surface area (Å²) in [5.74, 6) is -0.483. The Balaban J connectivity index is 1.85. The molecule has 5 heteroatoms. The molecule has 1 N–H and O–H groups in total. The van der Waals surface area contributed by atoms with Gasteiger partial charge in [-0.2, -0.15) is 0 Å². The van der Waals surface area contributed by atoms with Gasteiger partial charge in [-0.1, -0.05) is 13.0 Å². The Kier molecular flexibility index (Phi) is 3.66. The third kappa shape index (κ3) is 2.77. The van der Waals surface area contributed by atoms with E-state index in [0.29, 0.717) is 11.6 Å². The Morgan fingerprint density at radius 2 is 2.05 bits per heavy atom. The SMILES string of the molecule is CC1CCN(C(=O)C2CC(=O)Nc3cc(F)ccc32)CC1. The monoisotopic (exact) mass is 290 g/mol. The van der Waals surface area contributed by atoms with Gasteiger partial charge in [0.1, 0.15) is 5.82 Å². The molecule has 0 aliphatic carbocycles. The van der Waals surface area contributed by atoms with E-state index in [1.54, 1.807) is 6.07 Å². The largest absolute Gasteiger partial charge is 0.342 e. The van der Waals surface area contributed by atoms with Crippen LogP contribution in [0.25, 0.3) is 0 Å². The zero-order valence-corrected chi connectivity index (χ0v) is 12.1. The summed E-state index contributed by atoms with van der Waals surface area (Å²) >= 11 is 0. The molecule has 0 radical (unpaired) electrons. The van der Waals surface area contributed by atoms with Crippen LogP contribution in [0.5, 0.6) is 0 Å². The molecule has 1 saturated heterocycles. The number of benzene rings is 1. The number of piperidine rings is 1. The highest BCUT2D eigenvalue weighted by molar-refractivity contribution is 6.01. The third-order valence-corrected chi connectivity index (χ3v) is 4.45. The quantitative estimate of drug-likeness (QED) is 0.864. The molecule has 4 nitrogen and oxygen atoms in total. The molecule has 1 unspecified atom stereocenters. The van der Waals surface area contributed by atoms with Gasteiger partial charge in [-0.15, -0.1) is 0 Å². The first-order chi connectivity index (χ1) is 10.0. The van der Waals surface area contributed by atoms with E-state index < -0.39 is 11.7 Å². The Morgan fingerprint density at radius 1 is 1.33 bits per heavy atom. The van der Waals surface area contributed by atoms with Gasteiger partial charge in [-0.3, -0.25) is 9.59 Å². The number of nitrogens with one attached hydrogen (secondary N) is 1. The lowest BCUT2D eigenvalue weighted by atomic mass is 9.88. The lowest BCUT2D eigenvalue weighted by Gasteiger charge is -2.34. The second-order valence-electron chi connectivity index (χ2n) is 6.04. The molecule has 2 aliphatic rings. The van der Waals surface area contributed by atoms with Gasteiger partial charge in [0.2, 0.25) is 11.8 Å². The highest BCUT2D eigenvalue weighted by atomic mass is 19.1. The molecule has 21 heavy (non-hydrogen) atoms. The van der Waals surface area contributed by atoms with Gasteiger partial charge in [0.15, 0.2) is 0 Å². The molecule has 1 aromatic rings. The molecule has 0 bridgehead atoms. The second-order valence-corrected chi connectivity index (χ2v) is 6.04. The lowest BCUT2D eigenvalue weighted by Crippen LogP contribution is -2.42. The molecule has 1 fully saturated rings. The fourth-order valence-electron chi connectivity index (χ4n) is 3.11. The Hall–Kier alpha value is -1.91. The summed E-state index contributed by atoms with van der Waals surface area (Å²) in [6.45, 7) is 3.68. The second kappa shape index (κ2) is 5.47. The first kappa shape index (κ1) is 14.0. The maximum absolute atomic E-state index is 13.3. The lowest BCUT2D eigenvalue weighted by molar-refractivity contribution is -0.136. The number of likely N-dealkylation sites (tertiary alicyclic amines) is 1. The predicted octanol–water partition coefficient (Wildman–Crippen LogP) is 2.51. The van der Waals surface area contributed by atoms with Crippen molar-refractivity contribution in [3.8, 4) is 0 Å². The molecule has 0 spiro atoms. The van der Waals surface area contributed by atoms with E-state index in [1.807, 2.05) is 4.90 Å². The predicted molar refractivity (Wildman–Crippen MR) is 77.4 cm³/mol. The summed E-state index contributed by atoms with van der Waals surface area (Å²) in [7, 11) is 0. The summed E-state index contributed by atoms with van der Waals surface area (Å²) < 4.78 is 13.3. The number of halogens is 1. The number of fused-ring (bicyclic) bond motifs is 1. The smallest absolute Gasteiger partial charge is 0.230 e. The van der Waals surface area contributed by atoms with E-state index in [0.717, 1.165) is 31.5 Å². The molecular weight excluding hydrogens is 271 g/mol. The maximum atomic E-state index is 13.3. The first-order valence-corrected chi connectivity index (χ1v) is 7.42. The number of hydrogen-bond donors (Lipinski definition) is 1. The maximum Gasteiger partial charge on any atom is 0.230 e. The van der Waals surface area contributed by atoms with Crippen LogP contribution in [0.1, 0.15) is 37.7 Å². The van der Waals surface area contributed by atoms with Crippen LogP contribution in [0.15, 0.2) is 18.2 Å². The zero-order valence-electron chi connectivity index (χ0n) is 12.1. The van der Waals surface area contributed by atoms with Gasteiger partial charge in [0, 0.05) is 25.2 Å². The summed E-state index contributed by atoms with van der Waals surface area (Å²) in [4.78, 5) is 26.3. The van der Waals surface area contributed by atoms with Crippen LogP contribution in [0.3, 0.4) is 0 Å². The van der Waals surface area contributed by atoms with Crippen LogP contribution < -0.4 is 5.32 Å². The summed E-state index contributed by atoms with van der Waals surface area (Å²) in [5, 5.41) is 2.65. The van der Waals surface area contributed by atoms with Crippen LogP contribution in [-0.2, 0) is 9.59 Å². The average molecular weight is 290 g/mol. The number of hydrogen-bond acceptors (Lipinski definition) is 2. The average Bonchev–Trinajstić information content (AvgIpc) is 2.46. The third-order valence-electron chi connectivity index (χ3n) is 4.45. The Bertz CT molecular complexity index is 580. The van der Waals surface area contributed by atoms with Crippen molar-refractivity contribution in [2.45, 2.75) is 32.1 Å². The summed E-state index contributed by atoms with van der Waals surface area (Å²) in [6, 6.07) is 4.24. The number of nitrogens with zero attached hydrogens (tertiary/aromatic N) is 1. The highest BCUT2D eigenvalue weighted by Gasteiger charge is 2.34. The molecule has 0 aromatic heterocycles. The van der Waals surface area contributed by atoms with Gasteiger partial charge >= 0.3 is 0 Å². The Labute approximate surface area is 123 Å². The highest BCUT2D eigenvalue weighted by Crippen LogP contribution is 2.34. The van der Waals surface area contributed by atoms with Crippen LogP contribution in [0, 0.1) is 11.7 Å².